The van der Waals surface area contributed by atoms with E-state index in [1.54, 1.807) is 0 Å². The molecule has 0 aliphatic rings. The first-order chi connectivity index (χ1) is 5.22. The molecular formula is C7H7N2O2. The molecule has 1 unspecified atom stereocenters. The number of hydrogen-bond donors (Lipinski definition) is 2. The molecule has 57 valence electrons. The Kier molecular flexibility index (Phi) is 2.18. The minimum Gasteiger partial charge on any atom is -0.378 e. The molecule has 0 aromatic carbocycles. The molecule has 4 nitrogen and oxygen atoms in total. The van der Waals surface area contributed by atoms with Crippen molar-refractivity contribution < 1.29 is 9.90 Å². The summed E-state index contributed by atoms with van der Waals surface area (Å²) in [5, 5.41) is 9.06. The van der Waals surface area contributed by atoms with Crippen LogP contribution in [0.1, 0.15) is 11.7 Å². The summed E-state index contributed by atoms with van der Waals surface area (Å²) in [5.41, 5.74) is 5.20. The molecule has 1 radical (unpaired) electrons. The van der Waals surface area contributed by atoms with Gasteiger partial charge in [0.2, 0.25) is 0 Å². The van der Waals surface area contributed by atoms with Crippen LogP contribution in [0.2, 0.25) is 0 Å². The molecule has 1 aromatic rings. The number of hydrogen-bond acceptors (Lipinski definition) is 3. The number of nitrogens with zero attached hydrogens (tertiary/aromatic N) is 1. The highest BCUT2D eigenvalue weighted by Crippen LogP contribution is 2.08. The standard InChI is InChI=1S/C7H7N2O2/c8-7(11)6(10)5-2-1-3-9-4-5/h2-4,6,10H,(H2,8,11). The second-order valence-electron chi connectivity index (χ2n) is 2.02. The van der Waals surface area contributed by atoms with Gasteiger partial charge in [-0.15, -0.1) is 0 Å². The Morgan fingerprint density at radius 3 is 3.00 bits per heavy atom. The molecule has 0 saturated carbocycles. The highest BCUT2D eigenvalue weighted by atomic mass is 16.3. The first kappa shape index (κ1) is 7.68. The number of aliphatic hydroxyl groups is 1. The molecule has 0 fully saturated rings. The third-order valence-corrected chi connectivity index (χ3v) is 1.21. The van der Waals surface area contributed by atoms with Crippen LogP contribution in [0, 0.1) is 6.07 Å². The molecule has 11 heavy (non-hydrogen) atoms. The van der Waals surface area contributed by atoms with Gasteiger partial charge in [-0.1, -0.05) is 0 Å². The summed E-state index contributed by atoms with van der Waals surface area (Å²) in [4.78, 5) is 14.1. The minimum absolute atomic E-state index is 0.361. The quantitative estimate of drug-likeness (QED) is 0.592. The first-order valence-corrected chi connectivity index (χ1v) is 3.00. The lowest BCUT2D eigenvalue weighted by Gasteiger charge is -2.03. The van der Waals surface area contributed by atoms with Gasteiger partial charge in [0.25, 0.3) is 5.91 Å². The van der Waals surface area contributed by atoms with Gasteiger partial charge in [0.15, 0.2) is 6.10 Å². The highest BCUT2D eigenvalue weighted by Gasteiger charge is 2.12. The van der Waals surface area contributed by atoms with Crippen molar-refractivity contribution in [1.29, 1.82) is 0 Å². The van der Waals surface area contributed by atoms with E-state index in [0.29, 0.717) is 5.56 Å². The molecule has 3 N–H and O–H groups in total. The number of carbonyl (C=O) groups is 1. The minimum atomic E-state index is -1.28. The van der Waals surface area contributed by atoms with Crippen LogP contribution in [-0.4, -0.2) is 16.0 Å². The number of pyridine rings is 1. The van der Waals surface area contributed by atoms with Crippen LogP contribution in [0.5, 0.6) is 0 Å². The molecule has 1 atom stereocenters. The Hall–Kier alpha value is -1.42. The molecule has 0 spiro atoms. The van der Waals surface area contributed by atoms with Crippen LogP contribution < -0.4 is 5.73 Å². The third kappa shape index (κ3) is 1.75. The van der Waals surface area contributed by atoms with E-state index >= 15 is 0 Å². The monoisotopic (exact) mass is 151 g/mol. The fourth-order valence-electron chi connectivity index (χ4n) is 0.651. The van der Waals surface area contributed by atoms with E-state index < -0.39 is 12.0 Å². The van der Waals surface area contributed by atoms with Gasteiger partial charge >= 0.3 is 0 Å². The molecule has 0 aliphatic carbocycles. The van der Waals surface area contributed by atoms with E-state index in [-0.39, 0.29) is 0 Å². The molecule has 0 bridgehead atoms. The van der Waals surface area contributed by atoms with Crippen molar-refractivity contribution in [2.24, 2.45) is 5.73 Å². The second kappa shape index (κ2) is 3.12. The number of primary amides is 1. The van der Waals surface area contributed by atoms with Crippen LogP contribution in [0.15, 0.2) is 18.5 Å². The summed E-state index contributed by atoms with van der Waals surface area (Å²) in [6.45, 7) is 0. The fraction of sp³-hybridized carbons (Fsp3) is 0.143. The lowest BCUT2D eigenvalue weighted by atomic mass is 10.1. The van der Waals surface area contributed by atoms with Crippen LogP contribution in [0.25, 0.3) is 0 Å². The number of carbonyl (C=O) groups excluding carboxylic acids is 1. The summed E-state index contributed by atoms with van der Waals surface area (Å²) in [6.07, 6.45) is 1.52. The topological polar surface area (TPSA) is 76.2 Å². The SMILES string of the molecule is NC(=O)C(O)c1c[c]cnc1. The predicted molar refractivity (Wildman–Crippen MR) is 37.2 cm³/mol. The number of nitrogens with two attached hydrogens (primary N) is 1. The first-order valence-electron chi connectivity index (χ1n) is 3.00. The number of amides is 1. The van der Waals surface area contributed by atoms with Gasteiger partial charge in [-0.2, -0.15) is 0 Å². The molecular weight excluding hydrogens is 144 g/mol. The maximum absolute atomic E-state index is 10.4. The van der Waals surface area contributed by atoms with Crippen LogP contribution >= 0.6 is 0 Å². The predicted octanol–water partition coefficient (Wildman–Crippen LogP) is -0.600. The number of rotatable bonds is 2. The van der Waals surface area contributed by atoms with Gasteiger partial charge < -0.3 is 10.8 Å². The van der Waals surface area contributed by atoms with Crippen molar-refractivity contribution in [3.63, 3.8) is 0 Å². The van der Waals surface area contributed by atoms with E-state index in [2.05, 4.69) is 11.1 Å². The average molecular weight is 151 g/mol. The molecule has 0 saturated heterocycles. The molecule has 4 heteroatoms. The van der Waals surface area contributed by atoms with Gasteiger partial charge in [-0.25, -0.2) is 0 Å². The van der Waals surface area contributed by atoms with Crippen molar-refractivity contribution in [2.45, 2.75) is 6.10 Å². The summed E-state index contributed by atoms with van der Waals surface area (Å²) >= 11 is 0. The maximum Gasteiger partial charge on any atom is 0.250 e. The van der Waals surface area contributed by atoms with Crippen LogP contribution in [0.4, 0.5) is 0 Å². The van der Waals surface area contributed by atoms with Gasteiger partial charge in [0.1, 0.15) is 0 Å². The Balaban J connectivity index is 2.85. The number of aliphatic hydroxyl groups excluding tert-OH is 1. The molecule has 0 aliphatic heterocycles. The Bertz CT molecular complexity index is 248. The maximum atomic E-state index is 10.4. The van der Waals surface area contributed by atoms with Crippen molar-refractivity contribution >= 4 is 5.91 Å². The van der Waals surface area contributed by atoms with E-state index in [1.165, 1.54) is 18.5 Å². The smallest absolute Gasteiger partial charge is 0.250 e. The Morgan fingerprint density at radius 1 is 1.82 bits per heavy atom. The fourth-order valence-corrected chi connectivity index (χ4v) is 0.651. The molecule has 1 amide bonds. The zero-order chi connectivity index (χ0) is 8.27. The Labute approximate surface area is 63.7 Å². The van der Waals surface area contributed by atoms with Crippen molar-refractivity contribution in [2.75, 3.05) is 0 Å². The zero-order valence-electron chi connectivity index (χ0n) is 5.69. The van der Waals surface area contributed by atoms with E-state index in [1.807, 2.05) is 0 Å². The Morgan fingerprint density at radius 2 is 2.55 bits per heavy atom. The van der Waals surface area contributed by atoms with E-state index in [4.69, 9.17) is 10.8 Å². The summed E-state index contributed by atoms with van der Waals surface area (Å²) in [5.74, 6) is -0.786. The number of aromatic nitrogens is 1. The lowest BCUT2D eigenvalue weighted by Crippen LogP contribution is -2.20. The van der Waals surface area contributed by atoms with E-state index in [9.17, 15) is 4.79 Å². The summed E-state index contributed by atoms with van der Waals surface area (Å²) in [6, 6.07) is 4.08. The highest BCUT2D eigenvalue weighted by molar-refractivity contribution is 5.79. The average Bonchev–Trinajstić information content (AvgIpc) is 2.05. The molecule has 1 aromatic heterocycles. The normalized spacial score (nSPS) is 12.5. The molecule has 1 heterocycles. The van der Waals surface area contributed by atoms with Crippen molar-refractivity contribution in [1.82, 2.24) is 4.98 Å². The molecule has 1 rings (SSSR count). The van der Waals surface area contributed by atoms with Gasteiger partial charge in [0, 0.05) is 24.0 Å². The van der Waals surface area contributed by atoms with Crippen molar-refractivity contribution in [3.8, 4) is 0 Å². The summed E-state index contributed by atoms with van der Waals surface area (Å²) in [7, 11) is 0. The van der Waals surface area contributed by atoms with Crippen LogP contribution in [0.3, 0.4) is 0 Å². The second-order valence-corrected chi connectivity index (χ2v) is 2.02. The van der Waals surface area contributed by atoms with Gasteiger partial charge in [0.05, 0.1) is 0 Å². The summed E-state index contributed by atoms with van der Waals surface area (Å²) < 4.78 is 0. The third-order valence-electron chi connectivity index (χ3n) is 1.21. The van der Waals surface area contributed by atoms with E-state index in [0.717, 1.165) is 0 Å². The zero-order valence-corrected chi connectivity index (χ0v) is 5.69. The largest absolute Gasteiger partial charge is 0.378 e. The van der Waals surface area contributed by atoms with Crippen molar-refractivity contribution in [3.05, 3.63) is 30.1 Å². The lowest BCUT2D eigenvalue weighted by molar-refractivity contribution is -0.126. The van der Waals surface area contributed by atoms with Crippen LogP contribution in [-0.2, 0) is 4.79 Å². The van der Waals surface area contributed by atoms with Gasteiger partial charge in [-0.3, -0.25) is 9.78 Å². The van der Waals surface area contributed by atoms with Gasteiger partial charge in [-0.05, 0) is 6.07 Å².